The van der Waals surface area contributed by atoms with E-state index in [0.29, 0.717) is 11.6 Å². The van der Waals surface area contributed by atoms with Gasteiger partial charge in [0.1, 0.15) is 5.71 Å². The van der Waals surface area contributed by atoms with E-state index in [0.717, 1.165) is 36.6 Å². The van der Waals surface area contributed by atoms with Crippen LogP contribution in [0.25, 0.3) is 0 Å². The SMILES string of the molecule is O=C(Nc1nc2c(s1)CN(Cc1ccccc1)CC2)C1=NN([C@@H]2CCS(=O)(=O)C2)C(=O)CC1. The normalized spacial score (nSPS) is 22.7. The molecule has 174 valence electrons. The first-order valence-corrected chi connectivity index (χ1v) is 13.7. The van der Waals surface area contributed by atoms with Gasteiger partial charge in [0, 0.05) is 43.8 Å². The van der Waals surface area contributed by atoms with E-state index in [2.05, 4.69) is 32.4 Å². The molecule has 3 aliphatic rings. The van der Waals surface area contributed by atoms with Crippen LogP contribution in [0, 0.1) is 0 Å². The molecular weight excluding hydrogens is 462 g/mol. The fraction of sp³-hybridized carbons (Fsp3) is 0.455. The Bertz CT molecular complexity index is 1210. The Kier molecular flexibility index (Phi) is 6.02. The van der Waals surface area contributed by atoms with Crippen molar-refractivity contribution in [2.75, 3.05) is 23.4 Å². The van der Waals surface area contributed by atoms with E-state index in [9.17, 15) is 18.0 Å². The number of fused-ring (bicyclic) bond motifs is 1. The molecule has 1 aromatic carbocycles. The predicted molar refractivity (Wildman–Crippen MR) is 126 cm³/mol. The molecule has 0 radical (unpaired) electrons. The number of aromatic nitrogens is 1. The van der Waals surface area contributed by atoms with Crippen LogP contribution in [0.4, 0.5) is 5.13 Å². The third-order valence-electron chi connectivity index (χ3n) is 6.16. The molecule has 2 aromatic rings. The van der Waals surface area contributed by atoms with Gasteiger partial charge in [-0.25, -0.2) is 18.4 Å². The fourth-order valence-electron chi connectivity index (χ4n) is 4.44. The summed E-state index contributed by atoms with van der Waals surface area (Å²) in [6.45, 7) is 2.57. The van der Waals surface area contributed by atoms with Crippen molar-refractivity contribution in [2.24, 2.45) is 5.10 Å². The first-order valence-electron chi connectivity index (χ1n) is 11.0. The minimum atomic E-state index is -3.16. The zero-order chi connectivity index (χ0) is 23.0. The molecule has 0 spiro atoms. The molecule has 1 fully saturated rings. The summed E-state index contributed by atoms with van der Waals surface area (Å²) in [4.78, 5) is 33.2. The van der Waals surface area contributed by atoms with Gasteiger partial charge in [0.15, 0.2) is 15.0 Å². The van der Waals surface area contributed by atoms with Crippen LogP contribution in [0.15, 0.2) is 35.4 Å². The highest BCUT2D eigenvalue weighted by Crippen LogP contribution is 2.29. The summed E-state index contributed by atoms with van der Waals surface area (Å²) >= 11 is 1.47. The molecule has 0 bridgehead atoms. The summed E-state index contributed by atoms with van der Waals surface area (Å²) in [7, 11) is -3.16. The number of sulfone groups is 1. The number of nitrogens with one attached hydrogen (secondary N) is 1. The van der Waals surface area contributed by atoms with Crippen molar-refractivity contribution in [1.82, 2.24) is 14.9 Å². The molecule has 11 heteroatoms. The monoisotopic (exact) mass is 487 g/mol. The minimum Gasteiger partial charge on any atom is -0.297 e. The quantitative estimate of drug-likeness (QED) is 0.688. The average Bonchev–Trinajstić information content (AvgIpc) is 3.36. The molecule has 1 atom stereocenters. The van der Waals surface area contributed by atoms with Gasteiger partial charge >= 0.3 is 0 Å². The zero-order valence-electron chi connectivity index (χ0n) is 18.1. The van der Waals surface area contributed by atoms with E-state index < -0.39 is 15.9 Å². The molecule has 0 aliphatic carbocycles. The molecule has 33 heavy (non-hydrogen) atoms. The Balaban J connectivity index is 1.24. The van der Waals surface area contributed by atoms with Gasteiger partial charge in [-0.2, -0.15) is 5.10 Å². The second-order valence-electron chi connectivity index (χ2n) is 8.63. The van der Waals surface area contributed by atoms with E-state index in [1.807, 2.05) is 18.2 Å². The van der Waals surface area contributed by atoms with Crippen LogP contribution in [-0.4, -0.2) is 64.9 Å². The van der Waals surface area contributed by atoms with Gasteiger partial charge in [-0.05, 0) is 12.0 Å². The van der Waals surface area contributed by atoms with Gasteiger partial charge in [-0.1, -0.05) is 30.3 Å². The molecular formula is C22H25N5O4S2. The first-order chi connectivity index (χ1) is 15.9. The summed E-state index contributed by atoms with van der Waals surface area (Å²) in [5, 5.41) is 8.81. The fourth-order valence-corrected chi connectivity index (χ4v) is 7.17. The zero-order valence-corrected chi connectivity index (χ0v) is 19.7. The number of nitrogens with zero attached hydrogens (tertiary/aromatic N) is 4. The van der Waals surface area contributed by atoms with E-state index in [-0.39, 0.29) is 41.9 Å². The largest absolute Gasteiger partial charge is 0.297 e. The van der Waals surface area contributed by atoms with Gasteiger partial charge in [0.05, 0.1) is 23.2 Å². The summed E-state index contributed by atoms with van der Waals surface area (Å²) in [5.74, 6) is -0.683. The van der Waals surface area contributed by atoms with Gasteiger partial charge < -0.3 is 0 Å². The van der Waals surface area contributed by atoms with E-state index in [1.165, 1.54) is 21.9 Å². The Morgan fingerprint density at radius 3 is 2.76 bits per heavy atom. The number of thiazole rings is 1. The van der Waals surface area contributed by atoms with E-state index in [1.54, 1.807) is 0 Å². The van der Waals surface area contributed by atoms with Crippen molar-refractivity contribution in [3.63, 3.8) is 0 Å². The molecule has 0 saturated carbocycles. The van der Waals surface area contributed by atoms with Crippen molar-refractivity contribution < 1.29 is 18.0 Å². The summed E-state index contributed by atoms with van der Waals surface area (Å²) in [5.41, 5.74) is 2.51. The molecule has 4 heterocycles. The van der Waals surface area contributed by atoms with Gasteiger partial charge in [0.25, 0.3) is 5.91 Å². The van der Waals surface area contributed by atoms with E-state index >= 15 is 0 Å². The summed E-state index contributed by atoms with van der Waals surface area (Å²) in [6.07, 6.45) is 1.56. The van der Waals surface area contributed by atoms with Crippen molar-refractivity contribution >= 4 is 43.8 Å². The lowest BCUT2D eigenvalue weighted by Gasteiger charge is -2.27. The van der Waals surface area contributed by atoms with Crippen molar-refractivity contribution in [1.29, 1.82) is 0 Å². The average molecular weight is 488 g/mol. The van der Waals surface area contributed by atoms with Crippen LogP contribution in [-0.2, 0) is 38.9 Å². The number of anilines is 1. The number of amides is 2. The molecule has 1 N–H and O–H groups in total. The van der Waals surface area contributed by atoms with Crippen LogP contribution >= 0.6 is 11.3 Å². The first kappa shape index (κ1) is 22.2. The lowest BCUT2D eigenvalue weighted by molar-refractivity contribution is -0.133. The molecule has 5 rings (SSSR count). The highest BCUT2D eigenvalue weighted by atomic mass is 32.2. The van der Waals surface area contributed by atoms with Crippen LogP contribution in [0.3, 0.4) is 0 Å². The van der Waals surface area contributed by atoms with Crippen LogP contribution in [0.5, 0.6) is 0 Å². The number of hydrogen-bond donors (Lipinski definition) is 1. The minimum absolute atomic E-state index is 0.0461. The number of carbonyl (C=O) groups is 2. The standard InChI is InChI=1S/C22H25N5O4S2/c28-20-7-6-18(25-27(20)16-9-11-33(30,31)14-16)21(29)24-22-23-17-8-10-26(13-19(17)32-22)12-15-4-2-1-3-5-15/h1-5,16H,6-14H2,(H,23,24,29)/t16-/m1/s1. The van der Waals surface area contributed by atoms with Crippen LogP contribution in [0.2, 0.25) is 0 Å². The van der Waals surface area contributed by atoms with Crippen molar-refractivity contribution in [3.8, 4) is 0 Å². The van der Waals surface area contributed by atoms with Gasteiger partial charge in [-0.15, -0.1) is 11.3 Å². The smallest absolute Gasteiger partial charge is 0.273 e. The second-order valence-corrected chi connectivity index (χ2v) is 11.9. The van der Waals surface area contributed by atoms with Crippen LogP contribution in [0.1, 0.15) is 35.4 Å². The predicted octanol–water partition coefficient (Wildman–Crippen LogP) is 1.81. The highest BCUT2D eigenvalue weighted by Gasteiger charge is 2.37. The maximum absolute atomic E-state index is 12.8. The summed E-state index contributed by atoms with van der Waals surface area (Å²) in [6, 6.07) is 9.84. The number of hydrazone groups is 1. The number of rotatable bonds is 5. The molecule has 1 saturated heterocycles. The molecule has 1 aromatic heterocycles. The number of benzene rings is 1. The van der Waals surface area contributed by atoms with E-state index in [4.69, 9.17) is 0 Å². The van der Waals surface area contributed by atoms with Crippen molar-refractivity contribution in [3.05, 3.63) is 46.5 Å². The Morgan fingerprint density at radius 2 is 2.00 bits per heavy atom. The molecule has 0 unspecified atom stereocenters. The molecule has 3 aliphatic heterocycles. The molecule has 2 amide bonds. The van der Waals surface area contributed by atoms with Gasteiger partial charge in [0.2, 0.25) is 5.91 Å². The maximum Gasteiger partial charge on any atom is 0.273 e. The Labute approximate surface area is 196 Å². The number of carbonyl (C=O) groups excluding carboxylic acids is 2. The summed E-state index contributed by atoms with van der Waals surface area (Å²) < 4.78 is 23.6. The lowest BCUT2D eigenvalue weighted by atomic mass is 10.1. The molecule has 9 nitrogen and oxygen atoms in total. The van der Waals surface area contributed by atoms with Crippen LogP contribution < -0.4 is 5.32 Å². The third-order valence-corrected chi connectivity index (χ3v) is 8.90. The number of hydrogen-bond acceptors (Lipinski definition) is 8. The van der Waals surface area contributed by atoms with Gasteiger partial charge in [-0.3, -0.25) is 19.8 Å². The topological polar surface area (TPSA) is 112 Å². The second kappa shape index (κ2) is 8.96. The Morgan fingerprint density at radius 1 is 1.18 bits per heavy atom. The lowest BCUT2D eigenvalue weighted by Crippen LogP contribution is -2.42. The third kappa shape index (κ3) is 4.99. The highest BCUT2D eigenvalue weighted by molar-refractivity contribution is 7.91. The Hall–Kier alpha value is -2.63. The maximum atomic E-state index is 12.8. The van der Waals surface area contributed by atoms with Crippen molar-refractivity contribution in [2.45, 2.75) is 44.8 Å².